The van der Waals surface area contributed by atoms with Gasteiger partial charge >= 0.3 is 0 Å². The van der Waals surface area contributed by atoms with E-state index in [-0.39, 0.29) is 12.5 Å². The lowest BCUT2D eigenvalue weighted by Crippen LogP contribution is -2.28. The zero-order valence-electron chi connectivity index (χ0n) is 13.1. The van der Waals surface area contributed by atoms with Crippen molar-refractivity contribution in [3.63, 3.8) is 0 Å². The Hall–Kier alpha value is -3.02. The molecule has 24 heavy (non-hydrogen) atoms. The van der Waals surface area contributed by atoms with Crippen molar-refractivity contribution in [3.8, 4) is 11.1 Å². The lowest BCUT2D eigenvalue weighted by Gasteiger charge is -2.15. The molecule has 0 fully saturated rings. The van der Waals surface area contributed by atoms with Gasteiger partial charge in [-0.25, -0.2) is 4.39 Å². The van der Waals surface area contributed by atoms with Crippen LogP contribution in [0.15, 0.2) is 60.0 Å². The van der Waals surface area contributed by atoms with E-state index in [2.05, 4.69) is 5.18 Å². The summed E-state index contributed by atoms with van der Waals surface area (Å²) in [4.78, 5) is 24.3. The Kier molecular flexibility index (Phi) is 4.37. The summed E-state index contributed by atoms with van der Waals surface area (Å²) in [5.41, 5.74) is 3.56. The molecule has 0 aliphatic carbocycles. The van der Waals surface area contributed by atoms with Gasteiger partial charge in [-0.15, -0.1) is 4.91 Å². The molecule has 0 N–H and O–H groups in total. The van der Waals surface area contributed by atoms with Crippen LogP contribution in [0.2, 0.25) is 0 Å². The molecule has 0 spiro atoms. The summed E-state index contributed by atoms with van der Waals surface area (Å²) < 4.78 is 14.2. The summed E-state index contributed by atoms with van der Waals surface area (Å²) in [7, 11) is 1.57. The molecule has 122 valence electrons. The Bertz CT molecular complexity index is 904. The largest absolute Gasteiger partial charge is 0.339 e. The second-order valence-corrected chi connectivity index (χ2v) is 5.54. The Balaban J connectivity index is 1.97. The topological polar surface area (TPSA) is 54.2 Å². The van der Waals surface area contributed by atoms with Gasteiger partial charge < -0.3 is 9.30 Å². The number of rotatable bonds is 5. The van der Waals surface area contributed by atoms with Gasteiger partial charge in [0.2, 0.25) is 0 Å². The number of hydrogen-bond donors (Lipinski definition) is 0. The van der Waals surface area contributed by atoms with Crippen molar-refractivity contribution in [2.75, 3.05) is 20.3 Å². The quantitative estimate of drug-likeness (QED) is 0.665. The first-order chi connectivity index (χ1) is 11.6. The molecule has 1 aromatic carbocycles. The summed E-state index contributed by atoms with van der Waals surface area (Å²) in [6.07, 6.45) is 3.60. The number of nitroso groups, excluding NO2 is 1. The lowest BCUT2D eigenvalue weighted by atomic mass is 10.1. The molecular weight excluding hydrogens is 309 g/mol. The second-order valence-electron chi connectivity index (χ2n) is 5.54. The van der Waals surface area contributed by atoms with Gasteiger partial charge in [0.05, 0.1) is 5.56 Å². The van der Waals surface area contributed by atoms with Gasteiger partial charge in [0.25, 0.3) is 5.91 Å². The normalized spacial score (nSPS) is 10.8. The smallest absolute Gasteiger partial charge is 0.255 e. The van der Waals surface area contributed by atoms with Gasteiger partial charge in [0.15, 0.2) is 0 Å². The second kappa shape index (κ2) is 6.62. The van der Waals surface area contributed by atoms with E-state index in [1.807, 2.05) is 28.8 Å². The van der Waals surface area contributed by atoms with Crippen molar-refractivity contribution in [2.24, 2.45) is 5.18 Å². The van der Waals surface area contributed by atoms with Gasteiger partial charge in [0.1, 0.15) is 12.4 Å². The minimum absolute atomic E-state index is 0.0687. The van der Waals surface area contributed by atoms with Gasteiger partial charge in [-0.05, 0) is 41.1 Å². The molecule has 0 aliphatic heterocycles. The number of aromatic nitrogens is 1. The van der Waals surface area contributed by atoms with Crippen molar-refractivity contribution in [1.82, 2.24) is 9.30 Å². The monoisotopic (exact) mass is 325 g/mol. The molecule has 3 rings (SSSR count). The molecule has 2 heterocycles. The fourth-order valence-electron chi connectivity index (χ4n) is 2.58. The third kappa shape index (κ3) is 3.03. The number of pyridine rings is 1. The van der Waals surface area contributed by atoms with Crippen molar-refractivity contribution in [1.29, 1.82) is 0 Å². The number of carbonyl (C=O) groups is 1. The minimum Gasteiger partial charge on any atom is -0.339 e. The first kappa shape index (κ1) is 15.9. The van der Waals surface area contributed by atoms with E-state index in [9.17, 15) is 14.1 Å². The average molecular weight is 325 g/mol. The minimum atomic E-state index is -0.570. The summed E-state index contributed by atoms with van der Waals surface area (Å²) in [5, 5.41) is 2.95. The molecule has 0 unspecified atom stereocenters. The highest BCUT2D eigenvalue weighted by molar-refractivity contribution is 5.94. The van der Waals surface area contributed by atoms with Crippen molar-refractivity contribution in [2.45, 2.75) is 0 Å². The number of benzene rings is 1. The molecule has 5 nitrogen and oxygen atoms in total. The highest BCUT2D eigenvalue weighted by Crippen LogP contribution is 2.26. The summed E-state index contributed by atoms with van der Waals surface area (Å²) in [6.45, 7) is -0.501. The van der Waals surface area contributed by atoms with E-state index >= 15 is 0 Å². The van der Waals surface area contributed by atoms with Crippen LogP contribution in [0.4, 0.5) is 10.1 Å². The van der Waals surface area contributed by atoms with Crippen molar-refractivity contribution >= 4 is 17.1 Å². The third-order valence-corrected chi connectivity index (χ3v) is 3.89. The number of fused-ring (bicyclic) bond motifs is 1. The lowest BCUT2D eigenvalue weighted by molar-refractivity contribution is 0.0785. The molecule has 0 bridgehead atoms. The molecule has 1 amide bonds. The first-order valence-electron chi connectivity index (χ1n) is 7.49. The van der Waals surface area contributed by atoms with Crippen LogP contribution in [0.3, 0.4) is 0 Å². The molecule has 3 aromatic rings. The van der Waals surface area contributed by atoms with E-state index in [4.69, 9.17) is 0 Å². The predicted octanol–water partition coefficient (Wildman–Crippen LogP) is 4.05. The average Bonchev–Trinajstić information content (AvgIpc) is 3.04. The molecule has 0 atom stereocenters. The van der Waals surface area contributed by atoms with E-state index < -0.39 is 6.67 Å². The van der Waals surface area contributed by atoms with Crippen LogP contribution in [-0.2, 0) is 0 Å². The predicted molar refractivity (Wildman–Crippen MR) is 91.2 cm³/mol. The van der Waals surface area contributed by atoms with Gasteiger partial charge in [-0.3, -0.25) is 4.79 Å². The highest BCUT2D eigenvalue weighted by Gasteiger charge is 2.12. The standard InChI is InChI=1S/C18H16FN3O2/c1-21(8-7-19)18(23)14-5-6-17-10-15(12-22(17)11-14)13-3-2-4-16(9-13)20-24/h2-6,9-12H,7-8H2,1H3. The fraction of sp³-hybridized carbons (Fsp3) is 0.167. The SMILES string of the molecule is CN(CCF)C(=O)c1ccc2cc(-c3cccc(N=O)c3)cn2c1. The Morgan fingerprint density at radius 2 is 2.00 bits per heavy atom. The first-order valence-corrected chi connectivity index (χ1v) is 7.49. The number of halogens is 1. The number of hydrogen-bond acceptors (Lipinski definition) is 3. The van der Waals surface area contributed by atoms with Crippen LogP contribution in [0.1, 0.15) is 10.4 Å². The maximum absolute atomic E-state index is 12.4. The third-order valence-electron chi connectivity index (χ3n) is 3.89. The van der Waals surface area contributed by atoms with Crippen LogP contribution in [0.25, 0.3) is 16.6 Å². The highest BCUT2D eigenvalue weighted by atomic mass is 19.1. The van der Waals surface area contributed by atoms with Crippen molar-refractivity contribution < 1.29 is 9.18 Å². The summed E-state index contributed by atoms with van der Waals surface area (Å²) >= 11 is 0. The number of carbonyl (C=O) groups excluding carboxylic acids is 1. The molecule has 0 saturated heterocycles. The molecule has 2 aromatic heterocycles. The summed E-state index contributed by atoms with van der Waals surface area (Å²) in [6, 6.07) is 12.5. The van der Waals surface area contributed by atoms with Crippen molar-refractivity contribution in [3.05, 3.63) is 65.3 Å². The molecule has 0 radical (unpaired) electrons. The van der Waals surface area contributed by atoms with Crippen LogP contribution in [-0.4, -0.2) is 35.5 Å². The molecule has 6 heteroatoms. The van der Waals surface area contributed by atoms with E-state index in [0.29, 0.717) is 11.3 Å². The number of amides is 1. The van der Waals surface area contributed by atoms with E-state index in [0.717, 1.165) is 16.6 Å². The van der Waals surface area contributed by atoms with Gasteiger partial charge in [-0.1, -0.05) is 12.1 Å². The fourth-order valence-corrected chi connectivity index (χ4v) is 2.58. The Labute approximate surface area is 138 Å². The number of nitrogens with zero attached hydrogens (tertiary/aromatic N) is 3. The summed E-state index contributed by atoms with van der Waals surface area (Å²) in [5.74, 6) is -0.225. The zero-order chi connectivity index (χ0) is 17.1. The van der Waals surface area contributed by atoms with E-state index in [1.165, 1.54) is 4.90 Å². The van der Waals surface area contributed by atoms with E-state index in [1.54, 1.807) is 37.5 Å². The molecule has 0 saturated carbocycles. The van der Waals surface area contributed by atoms with Crippen LogP contribution in [0.5, 0.6) is 0 Å². The number of alkyl halides is 1. The Morgan fingerprint density at radius 1 is 1.17 bits per heavy atom. The maximum atomic E-state index is 12.4. The van der Waals surface area contributed by atoms with Gasteiger partial charge in [0, 0.05) is 37.1 Å². The molecule has 0 aliphatic rings. The maximum Gasteiger partial charge on any atom is 0.255 e. The van der Waals surface area contributed by atoms with Crippen LogP contribution >= 0.6 is 0 Å². The van der Waals surface area contributed by atoms with Gasteiger partial charge in [-0.2, -0.15) is 0 Å². The van der Waals surface area contributed by atoms with Crippen LogP contribution in [0, 0.1) is 4.91 Å². The molecular formula is C18H16FN3O2. The zero-order valence-corrected chi connectivity index (χ0v) is 13.1. The van der Waals surface area contributed by atoms with Crippen LogP contribution < -0.4 is 0 Å². The Morgan fingerprint density at radius 3 is 2.75 bits per heavy atom.